The van der Waals surface area contributed by atoms with E-state index in [-0.39, 0.29) is 12.0 Å². The van der Waals surface area contributed by atoms with Gasteiger partial charge in [0, 0.05) is 11.6 Å². The molecule has 2 aliphatic rings. The quantitative estimate of drug-likeness (QED) is 0.586. The monoisotopic (exact) mass is 250 g/mol. The molecule has 1 atom stereocenters. The van der Waals surface area contributed by atoms with Crippen molar-refractivity contribution >= 4 is 17.6 Å². The number of aromatic nitrogens is 3. The molecule has 8 heteroatoms. The van der Waals surface area contributed by atoms with Gasteiger partial charge in [-0.1, -0.05) is 6.42 Å². The highest BCUT2D eigenvalue weighted by molar-refractivity contribution is 5.90. The number of hydrogen-bond donors (Lipinski definition) is 0. The molecular formula is C10H14N6O2. The second-order valence-electron chi connectivity index (χ2n) is 4.48. The summed E-state index contributed by atoms with van der Waals surface area (Å²) >= 11 is 0. The molecule has 1 saturated carbocycles. The maximum absolute atomic E-state index is 10.8. The van der Waals surface area contributed by atoms with Crippen molar-refractivity contribution in [3.63, 3.8) is 0 Å². The molecule has 0 bridgehead atoms. The van der Waals surface area contributed by atoms with Crippen LogP contribution >= 0.6 is 0 Å². The van der Waals surface area contributed by atoms with Crippen molar-refractivity contribution in [1.82, 2.24) is 14.8 Å². The molecule has 8 nitrogen and oxygen atoms in total. The van der Waals surface area contributed by atoms with Gasteiger partial charge in [0.05, 0.1) is 5.71 Å². The molecule has 1 aromatic heterocycles. The SMILES string of the molecule is CCN1N=C2CCCCC2n2nc([N+](=O)[O-])nc21. The molecule has 1 unspecified atom stereocenters. The zero-order valence-corrected chi connectivity index (χ0v) is 10.1. The third kappa shape index (κ3) is 1.56. The van der Waals surface area contributed by atoms with E-state index in [0.717, 1.165) is 31.4 Å². The topological polar surface area (TPSA) is 89.5 Å². The summed E-state index contributed by atoms with van der Waals surface area (Å²) < 4.78 is 1.67. The Balaban J connectivity index is 2.07. The average Bonchev–Trinajstić information content (AvgIpc) is 2.83. The van der Waals surface area contributed by atoms with E-state index in [0.29, 0.717) is 12.5 Å². The van der Waals surface area contributed by atoms with E-state index in [1.807, 2.05) is 6.92 Å². The van der Waals surface area contributed by atoms with E-state index in [9.17, 15) is 10.1 Å². The lowest BCUT2D eigenvalue weighted by atomic mass is 9.93. The van der Waals surface area contributed by atoms with Crippen molar-refractivity contribution in [2.45, 2.75) is 38.6 Å². The van der Waals surface area contributed by atoms with Crippen LogP contribution in [0.3, 0.4) is 0 Å². The van der Waals surface area contributed by atoms with Gasteiger partial charge in [-0.15, -0.1) is 4.68 Å². The molecule has 1 fully saturated rings. The minimum Gasteiger partial charge on any atom is -0.390 e. The highest BCUT2D eigenvalue weighted by Gasteiger charge is 2.37. The first-order chi connectivity index (χ1) is 8.70. The number of rotatable bonds is 2. The first-order valence-electron chi connectivity index (χ1n) is 6.16. The van der Waals surface area contributed by atoms with Crippen molar-refractivity contribution in [1.29, 1.82) is 0 Å². The molecule has 18 heavy (non-hydrogen) atoms. The van der Waals surface area contributed by atoms with Gasteiger partial charge in [-0.05, 0) is 36.1 Å². The molecule has 96 valence electrons. The number of nitrogens with zero attached hydrogens (tertiary/aromatic N) is 6. The van der Waals surface area contributed by atoms with Crippen LogP contribution in [0.5, 0.6) is 0 Å². The number of anilines is 1. The van der Waals surface area contributed by atoms with Crippen LogP contribution in [0.25, 0.3) is 0 Å². The zero-order valence-electron chi connectivity index (χ0n) is 10.1. The van der Waals surface area contributed by atoms with Crippen molar-refractivity contribution < 1.29 is 4.92 Å². The Bertz CT molecular complexity index is 522. The summed E-state index contributed by atoms with van der Waals surface area (Å²) in [6, 6.07) is 0.0535. The van der Waals surface area contributed by atoms with Crippen molar-refractivity contribution in [2.75, 3.05) is 11.6 Å². The summed E-state index contributed by atoms with van der Waals surface area (Å²) in [5.74, 6) is 0.144. The van der Waals surface area contributed by atoms with Gasteiger partial charge in [-0.2, -0.15) is 5.10 Å². The second kappa shape index (κ2) is 4.04. The Hall–Kier alpha value is -1.99. The Morgan fingerprint density at radius 1 is 1.50 bits per heavy atom. The number of fused-ring (bicyclic) bond motifs is 3. The minimum atomic E-state index is -0.554. The highest BCUT2D eigenvalue weighted by Crippen LogP contribution is 2.34. The molecule has 3 rings (SSSR count). The van der Waals surface area contributed by atoms with Crippen LogP contribution in [-0.2, 0) is 0 Å². The molecule has 0 aromatic carbocycles. The molecule has 0 amide bonds. The van der Waals surface area contributed by atoms with E-state index >= 15 is 0 Å². The highest BCUT2D eigenvalue weighted by atomic mass is 16.6. The molecular weight excluding hydrogens is 236 g/mol. The fourth-order valence-electron chi connectivity index (χ4n) is 2.54. The van der Waals surface area contributed by atoms with Crippen LogP contribution in [0.4, 0.5) is 11.9 Å². The molecule has 0 radical (unpaired) electrons. The molecule has 1 aliphatic heterocycles. The van der Waals surface area contributed by atoms with Crippen LogP contribution in [-0.4, -0.2) is 31.9 Å². The first kappa shape index (κ1) is 11.1. The van der Waals surface area contributed by atoms with E-state index in [4.69, 9.17) is 0 Å². The van der Waals surface area contributed by atoms with E-state index in [1.54, 1.807) is 9.69 Å². The van der Waals surface area contributed by atoms with Crippen molar-refractivity contribution in [2.24, 2.45) is 5.10 Å². The molecule has 0 spiro atoms. The molecule has 0 N–H and O–H groups in total. The molecule has 2 heterocycles. The van der Waals surface area contributed by atoms with Crippen molar-refractivity contribution in [3.8, 4) is 0 Å². The summed E-state index contributed by atoms with van der Waals surface area (Å²) in [7, 11) is 0. The summed E-state index contributed by atoms with van der Waals surface area (Å²) in [6.45, 7) is 2.57. The second-order valence-corrected chi connectivity index (χ2v) is 4.48. The number of hydrogen-bond acceptors (Lipinski definition) is 6. The fourth-order valence-corrected chi connectivity index (χ4v) is 2.54. The summed E-state index contributed by atoms with van der Waals surface area (Å²) in [4.78, 5) is 14.2. The van der Waals surface area contributed by atoms with Gasteiger partial charge in [-0.3, -0.25) is 0 Å². The minimum absolute atomic E-state index is 0.0535. The predicted molar refractivity (Wildman–Crippen MR) is 64.6 cm³/mol. The van der Waals surface area contributed by atoms with Gasteiger partial charge in [0.15, 0.2) is 0 Å². The lowest BCUT2D eigenvalue weighted by Gasteiger charge is -2.29. The number of nitro groups is 1. The van der Waals surface area contributed by atoms with Crippen LogP contribution < -0.4 is 5.01 Å². The standard InChI is InChI=1S/C10H14N6O2/c1-2-14-10-11-9(16(17)18)13-15(10)8-6-4-3-5-7(8)12-14/h8H,2-6H2,1H3. The Kier molecular flexibility index (Phi) is 2.49. The van der Waals surface area contributed by atoms with Crippen LogP contribution in [0.2, 0.25) is 0 Å². The summed E-state index contributed by atoms with van der Waals surface area (Å²) in [6.07, 6.45) is 4.10. The van der Waals surface area contributed by atoms with Crippen LogP contribution in [0.1, 0.15) is 38.6 Å². The van der Waals surface area contributed by atoms with Gasteiger partial charge in [0.25, 0.3) is 0 Å². The molecule has 1 aliphatic carbocycles. The maximum atomic E-state index is 10.8. The Morgan fingerprint density at radius 3 is 3.06 bits per heavy atom. The van der Waals surface area contributed by atoms with E-state index in [2.05, 4.69) is 15.2 Å². The largest absolute Gasteiger partial charge is 0.493 e. The predicted octanol–water partition coefficient (Wildman–Crippen LogP) is 1.50. The first-order valence-corrected chi connectivity index (χ1v) is 6.16. The van der Waals surface area contributed by atoms with Crippen LogP contribution in [0.15, 0.2) is 5.10 Å². The summed E-state index contributed by atoms with van der Waals surface area (Å²) in [5, 5.41) is 21.0. The zero-order chi connectivity index (χ0) is 12.7. The normalized spacial score (nSPS) is 22.2. The third-order valence-electron chi connectivity index (χ3n) is 3.39. The average molecular weight is 250 g/mol. The van der Waals surface area contributed by atoms with Gasteiger partial charge in [-0.25, -0.2) is 5.01 Å². The lowest BCUT2D eigenvalue weighted by molar-refractivity contribution is -0.394. The fraction of sp³-hybridized carbons (Fsp3) is 0.700. The Labute approximate surface area is 103 Å². The van der Waals surface area contributed by atoms with Gasteiger partial charge < -0.3 is 10.1 Å². The van der Waals surface area contributed by atoms with Gasteiger partial charge in [0.1, 0.15) is 6.04 Å². The van der Waals surface area contributed by atoms with E-state index < -0.39 is 4.92 Å². The molecule has 1 aromatic rings. The Morgan fingerprint density at radius 2 is 2.33 bits per heavy atom. The van der Waals surface area contributed by atoms with Crippen LogP contribution in [0, 0.1) is 10.1 Å². The summed E-state index contributed by atoms with van der Waals surface area (Å²) in [5.41, 5.74) is 1.07. The smallest absolute Gasteiger partial charge is 0.390 e. The number of hydrazone groups is 1. The maximum Gasteiger partial charge on any atom is 0.493 e. The van der Waals surface area contributed by atoms with Gasteiger partial charge in [0.2, 0.25) is 0 Å². The lowest BCUT2D eigenvalue weighted by Crippen LogP contribution is -2.35. The molecule has 0 saturated heterocycles. The van der Waals surface area contributed by atoms with E-state index in [1.165, 1.54) is 0 Å². The van der Waals surface area contributed by atoms with Gasteiger partial charge >= 0.3 is 11.9 Å². The van der Waals surface area contributed by atoms with Crippen molar-refractivity contribution in [3.05, 3.63) is 10.1 Å². The third-order valence-corrected chi connectivity index (χ3v) is 3.39.